The molecule has 1 aliphatic rings. The van der Waals surface area contributed by atoms with E-state index in [0.717, 1.165) is 31.7 Å². The van der Waals surface area contributed by atoms with Crippen LogP contribution in [0.4, 0.5) is 5.69 Å². The summed E-state index contributed by atoms with van der Waals surface area (Å²) in [4.78, 5) is 14.3. The van der Waals surface area contributed by atoms with Crippen LogP contribution in [0.15, 0.2) is 24.3 Å². The van der Waals surface area contributed by atoms with Crippen molar-refractivity contribution in [3.05, 3.63) is 29.8 Å². The molecule has 2 rings (SSSR count). The first-order chi connectivity index (χ1) is 9.61. The predicted molar refractivity (Wildman–Crippen MR) is 97.8 cm³/mol. The zero-order valence-electron chi connectivity index (χ0n) is 13.5. The van der Waals surface area contributed by atoms with Crippen LogP contribution in [0.25, 0.3) is 0 Å². The van der Waals surface area contributed by atoms with Crippen molar-refractivity contribution in [2.24, 2.45) is 5.92 Å². The van der Waals surface area contributed by atoms with Crippen LogP contribution in [0.3, 0.4) is 0 Å². The smallest absolute Gasteiger partial charge is 0.251 e. The number of carbonyl (C=O) groups excluding carboxylic acids is 1. The van der Waals surface area contributed by atoms with Gasteiger partial charge in [-0.1, -0.05) is 0 Å². The number of hydrogen-bond acceptors (Lipinski definition) is 3. The van der Waals surface area contributed by atoms with E-state index in [1.165, 1.54) is 5.69 Å². The van der Waals surface area contributed by atoms with E-state index in [0.29, 0.717) is 12.0 Å². The average molecular weight is 348 g/mol. The summed E-state index contributed by atoms with van der Waals surface area (Å²) in [6, 6.07) is 8.35. The van der Waals surface area contributed by atoms with Gasteiger partial charge in [0.05, 0.1) is 0 Å². The Balaban J connectivity index is 0.00000220. The first-order valence-electron chi connectivity index (χ1n) is 7.47. The Morgan fingerprint density at radius 1 is 1.27 bits per heavy atom. The Kier molecular flexibility index (Phi) is 9.49. The maximum absolute atomic E-state index is 12.0. The van der Waals surface area contributed by atoms with Gasteiger partial charge in [0, 0.05) is 49.4 Å². The highest BCUT2D eigenvalue weighted by Crippen LogP contribution is 2.17. The van der Waals surface area contributed by atoms with Crippen molar-refractivity contribution in [1.29, 1.82) is 0 Å². The predicted octanol–water partition coefficient (Wildman–Crippen LogP) is 2.71. The van der Waals surface area contributed by atoms with E-state index >= 15 is 0 Å². The molecular weight excluding hydrogens is 321 g/mol. The van der Waals surface area contributed by atoms with Crippen LogP contribution >= 0.6 is 24.8 Å². The van der Waals surface area contributed by atoms with Gasteiger partial charge in [0.15, 0.2) is 0 Å². The number of anilines is 1. The van der Waals surface area contributed by atoms with E-state index in [1.54, 1.807) is 0 Å². The third-order valence-electron chi connectivity index (χ3n) is 3.84. The monoisotopic (exact) mass is 347 g/mol. The fourth-order valence-corrected chi connectivity index (χ4v) is 2.48. The molecule has 1 aromatic carbocycles. The number of carbonyl (C=O) groups is 1. The van der Waals surface area contributed by atoms with Crippen LogP contribution in [-0.2, 0) is 0 Å². The largest absolute Gasteiger partial charge is 0.369 e. The molecule has 6 heteroatoms. The van der Waals surface area contributed by atoms with Crippen molar-refractivity contribution >= 4 is 36.4 Å². The van der Waals surface area contributed by atoms with Crippen LogP contribution in [-0.4, -0.2) is 38.1 Å². The van der Waals surface area contributed by atoms with Crippen molar-refractivity contribution < 1.29 is 4.79 Å². The molecule has 0 unspecified atom stereocenters. The zero-order chi connectivity index (χ0) is 14.5. The quantitative estimate of drug-likeness (QED) is 0.831. The third kappa shape index (κ3) is 5.34. The average Bonchev–Trinajstić information content (AvgIpc) is 2.38. The minimum Gasteiger partial charge on any atom is -0.369 e. The van der Waals surface area contributed by atoms with Gasteiger partial charge < -0.3 is 15.5 Å². The summed E-state index contributed by atoms with van der Waals surface area (Å²) in [5.74, 6) is 0.616. The molecule has 1 heterocycles. The van der Waals surface area contributed by atoms with Gasteiger partial charge in [-0.3, -0.25) is 4.79 Å². The molecule has 1 aliphatic heterocycles. The molecule has 1 aromatic rings. The number of hydrogen-bond donors (Lipinski definition) is 2. The van der Waals surface area contributed by atoms with E-state index < -0.39 is 0 Å². The normalized spacial score (nSPS) is 13.6. The number of nitrogens with zero attached hydrogens (tertiary/aromatic N) is 1. The van der Waals surface area contributed by atoms with Gasteiger partial charge in [-0.2, -0.15) is 0 Å². The highest BCUT2D eigenvalue weighted by molar-refractivity contribution is 5.94. The van der Waals surface area contributed by atoms with E-state index in [2.05, 4.69) is 36.3 Å². The topological polar surface area (TPSA) is 44.4 Å². The van der Waals surface area contributed by atoms with Gasteiger partial charge in [-0.25, -0.2) is 0 Å². The maximum atomic E-state index is 12.0. The molecule has 0 aliphatic carbocycles. The van der Waals surface area contributed by atoms with E-state index in [9.17, 15) is 4.79 Å². The van der Waals surface area contributed by atoms with Crippen LogP contribution < -0.4 is 15.5 Å². The van der Waals surface area contributed by atoms with Crippen LogP contribution in [0.5, 0.6) is 0 Å². The lowest BCUT2D eigenvalue weighted by Crippen LogP contribution is -2.48. The summed E-state index contributed by atoms with van der Waals surface area (Å²) in [6.07, 6.45) is 0. The minimum atomic E-state index is 0. The maximum Gasteiger partial charge on any atom is 0.251 e. The van der Waals surface area contributed by atoms with Gasteiger partial charge in [0.25, 0.3) is 5.91 Å². The van der Waals surface area contributed by atoms with Crippen molar-refractivity contribution in [3.8, 4) is 0 Å². The zero-order valence-corrected chi connectivity index (χ0v) is 15.1. The molecule has 22 heavy (non-hydrogen) atoms. The lowest BCUT2D eigenvalue weighted by atomic mass is 10.0. The first kappa shape index (κ1) is 21.0. The van der Waals surface area contributed by atoms with E-state index in [-0.39, 0.29) is 30.7 Å². The highest BCUT2D eigenvalue weighted by atomic mass is 35.5. The van der Waals surface area contributed by atoms with Crippen LogP contribution in [0.2, 0.25) is 0 Å². The van der Waals surface area contributed by atoms with Crippen molar-refractivity contribution in [3.63, 3.8) is 0 Å². The van der Waals surface area contributed by atoms with Crippen LogP contribution in [0.1, 0.15) is 31.1 Å². The summed E-state index contributed by atoms with van der Waals surface area (Å²) in [5.41, 5.74) is 1.91. The molecule has 0 atom stereocenters. The molecule has 0 aromatic heterocycles. The Labute approximate surface area is 145 Å². The summed E-state index contributed by atoms with van der Waals surface area (Å²) in [7, 11) is 0. The third-order valence-corrected chi connectivity index (χ3v) is 3.84. The second-order valence-electron chi connectivity index (χ2n) is 5.66. The second-order valence-corrected chi connectivity index (χ2v) is 5.66. The van der Waals surface area contributed by atoms with Gasteiger partial charge in [-0.05, 0) is 45.0 Å². The molecule has 2 N–H and O–H groups in total. The molecular formula is C16H27Cl2N3O. The van der Waals surface area contributed by atoms with Crippen molar-refractivity contribution in [2.45, 2.75) is 26.8 Å². The number of nitrogens with one attached hydrogen (secondary N) is 2. The molecule has 0 radical (unpaired) electrons. The SMILES string of the molecule is CCN(c1ccc(C(=O)NCC2CNC2)cc1)C(C)C.Cl.Cl. The number of halogens is 2. The molecule has 0 bridgehead atoms. The molecule has 4 nitrogen and oxygen atoms in total. The van der Waals surface area contributed by atoms with Gasteiger partial charge in [0.1, 0.15) is 0 Å². The Morgan fingerprint density at radius 2 is 1.86 bits per heavy atom. The molecule has 1 saturated heterocycles. The van der Waals surface area contributed by atoms with Crippen molar-refractivity contribution in [2.75, 3.05) is 31.1 Å². The number of benzene rings is 1. The highest BCUT2D eigenvalue weighted by Gasteiger charge is 2.17. The van der Waals surface area contributed by atoms with Gasteiger partial charge >= 0.3 is 0 Å². The standard InChI is InChI=1S/C16H25N3O.2ClH/c1-4-19(12(2)3)15-7-5-14(6-8-15)16(20)18-11-13-9-17-10-13;;/h5-8,12-13,17H,4,9-11H2,1-3H3,(H,18,20);2*1H. The number of rotatable bonds is 6. The summed E-state index contributed by atoms with van der Waals surface area (Å²) >= 11 is 0. The summed E-state index contributed by atoms with van der Waals surface area (Å²) in [6.45, 7) is 10.3. The fourth-order valence-electron chi connectivity index (χ4n) is 2.48. The Hall–Kier alpha value is -0.970. The molecule has 1 fully saturated rings. The summed E-state index contributed by atoms with van der Waals surface area (Å²) < 4.78 is 0. The Bertz CT molecular complexity index is 447. The second kappa shape index (κ2) is 9.93. The van der Waals surface area contributed by atoms with Gasteiger partial charge in [-0.15, -0.1) is 24.8 Å². The Morgan fingerprint density at radius 3 is 2.27 bits per heavy atom. The van der Waals surface area contributed by atoms with E-state index in [1.807, 2.05) is 24.3 Å². The van der Waals surface area contributed by atoms with Crippen LogP contribution in [0, 0.1) is 5.92 Å². The minimum absolute atomic E-state index is 0. The molecule has 0 saturated carbocycles. The molecule has 126 valence electrons. The first-order valence-corrected chi connectivity index (χ1v) is 7.47. The molecule has 1 amide bonds. The van der Waals surface area contributed by atoms with E-state index in [4.69, 9.17) is 0 Å². The molecule has 0 spiro atoms. The number of amides is 1. The fraction of sp³-hybridized carbons (Fsp3) is 0.562. The summed E-state index contributed by atoms with van der Waals surface area (Å²) in [5, 5.41) is 6.20. The lowest BCUT2D eigenvalue weighted by molar-refractivity contribution is 0.0942. The van der Waals surface area contributed by atoms with Crippen molar-refractivity contribution in [1.82, 2.24) is 10.6 Å². The lowest BCUT2D eigenvalue weighted by Gasteiger charge is -2.28. The van der Waals surface area contributed by atoms with Gasteiger partial charge in [0.2, 0.25) is 0 Å².